The van der Waals surface area contributed by atoms with Crippen molar-refractivity contribution in [3.8, 4) is 16.9 Å². The molecule has 9 nitrogen and oxygen atoms in total. The highest BCUT2D eigenvalue weighted by Crippen LogP contribution is 2.29. The van der Waals surface area contributed by atoms with Crippen molar-refractivity contribution in [2.75, 3.05) is 5.32 Å². The van der Waals surface area contributed by atoms with Crippen molar-refractivity contribution >= 4 is 39.8 Å². The zero-order chi connectivity index (χ0) is 22.7. The second kappa shape index (κ2) is 9.28. The van der Waals surface area contributed by atoms with Gasteiger partial charge < -0.3 is 5.32 Å². The summed E-state index contributed by atoms with van der Waals surface area (Å²) in [5.74, 6) is 0.503. The van der Waals surface area contributed by atoms with E-state index in [4.69, 9.17) is 0 Å². The van der Waals surface area contributed by atoms with Crippen molar-refractivity contribution in [2.45, 2.75) is 24.3 Å². The molecule has 0 aliphatic heterocycles. The van der Waals surface area contributed by atoms with Gasteiger partial charge in [-0.15, -0.1) is 21.5 Å². The van der Waals surface area contributed by atoms with E-state index in [-0.39, 0.29) is 11.6 Å². The van der Waals surface area contributed by atoms with Gasteiger partial charge in [-0.1, -0.05) is 42.1 Å². The number of para-hydroxylation sites is 1. The van der Waals surface area contributed by atoms with Crippen LogP contribution in [0.15, 0.2) is 65.1 Å². The van der Waals surface area contributed by atoms with Crippen molar-refractivity contribution in [1.29, 1.82) is 0 Å². The number of nitrogens with zero attached hydrogens (tertiary/aromatic N) is 5. The lowest BCUT2D eigenvalue weighted by Gasteiger charge is -2.12. The van der Waals surface area contributed by atoms with Crippen LogP contribution >= 0.6 is 23.1 Å². The summed E-state index contributed by atoms with van der Waals surface area (Å²) < 4.78 is 1.90. The molecule has 1 N–H and O–H groups in total. The smallest absolute Gasteiger partial charge is 0.270 e. The minimum atomic E-state index is -0.453. The molecule has 0 fully saturated rings. The first kappa shape index (κ1) is 21.7. The van der Waals surface area contributed by atoms with Crippen LogP contribution in [0.3, 0.4) is 0 Å². The molecule has 162 valence electrons. The fraction of sp³-hybridized carbons (Fsp3) is 0.143. The first-order valence-electron chi connectivity index (χ1n) is 9.57. The first-order chi connectivity index (χ1) is 15.4. The minimum Gasteiger partial charge on any atom is -0.301 e. The summed E-state index contributed by atoms with van der Waals surface area (Å²) >= 11 is 2.56. The average Bonchev–Trinajstić information content (AvgIpc) is 3.41. The Balaban J connectivity index is 1.46. The van der Waals surface area contributed by atoms with Gasteiger partial charge in [-0.05, 0) is 26.0 Å². The van der Waals surface area contributed by atoms with Crippen LogP contribution in [0.1, 0.15) is 12.7 Å². The van der Waals surface area contributed by atoms with Crippen LogP contribution in [0.2, 0.25) is 0 Å². The van der Waals surface area contributed by atoms with Crippen molar-refractivity contribution in [1.82, 2.24) is 19.7 Å². The molecule has 0 radical (unpaired) electrons. The molecule has 4 rings (SSSR count). The number of amides is 1. The van der Waals surface area contributed by atoms with E-state index in [9.17, 15) is 14.9 Å². The van der Waals surface area contributed by atoms with Gasteiger partial charge in [0.1, 0.15) is 5.82 Å². The number of thiazole rings is 1. The van der Waals surface area contributed by atoms with Gasteiger partial charge in [0.15, 0.2) is 10.3 Å². The molecule has 1 unspecified atom stereocenters. The van der Waals surface area contributed by atoms with E-state index in [1.54, 1.807) is 24.4 Å². The Hall–Kier alpha value is -3.57. The van der Waals surface area contributed by atoms with E-state index in [0.717, 1.165) is 11.5 Å². The number of carbonyl (C=O) groups is 1. The molecule has 2 aromatic heterocycles. The maximum absolute atomic E-state index is 12.7. The zero-order valence-corrected chi connectivity index (χ0v) is 18.8. The highest BCUT2D eigenvalue weighted by atomic mass is 32.2. The number of thioether (sulfide) groups is 1. The number of nitro groups is 1. The normalized spacial score (nSPS) is 11.8. The van der Waals surface area contributed by atoms with Gasteiger partial charge in [-0.3, -0.25) is 19.5 Å². The second-order valence-electron chi connectivity index (χ2n) is 6.80. The van der Waals surface area contributed by atoms with E-state index in [0.29, 0.717) is 21.5 Å². The summed E-state index contributed by atoms with van der Waals surface area (Å²) in [6.45, 7) is 3.65. The molecule has 0 aliphatic rings. The molecule has 4 aromatic rings. The highest BCUT2D eigenvalue weighted by Gasteiger charge is 2.21. The van der Waals surface area contributed by atoms with Crippen molar-refractivity contribution in [3.05, 3.63) is 75.9 Å². The van der Waals surface area contributed by atoms with Gasteiger partial charge in [0.05, 0.1) is 15.9 Å². The number of aromatic nitrogens is 4. The third-order valence-electron chi connectivity index (χ3n) is 4.55. The van der Waals surface area contributed by atoms with Crippen molar-refractivity contribution in [3.63, 3.8) is 0 Å². The standard InChI is InChI=1S/C21H18N6O3S2/c1-13(32-21-25-24-14(2)26(21)16-8-4-3-5-9-16)19(28)23-20-22-18(12-31-20)15-7-6-10-17(11-15)27(29)30/h3-13H,1-2H3,(H,22,23,28). The summed E-state index contributed by atoms with van der Waals surface area (Å²) in [6.07, 6.45) is 0. The molecule has 11 heteroatoms. The van der Waals surface area contributed by atoms with E-state index < -0.39 is 10.2 Å². The van der Waals surface area contributed by atoms with Crippen LogP contribution in [0.5, 0.6) is 0 Å². The minimum absolute atomic E-state index is 0.0103. The maximum atomic E-state index is 12.7. The molecular weight excluding hydrogens is 448 g/mol. The van der Waals surface area contributed by atoms with Gasteiger partial charge in [0.25, 0.3) is 5.69 Å². The van der Waals surface area contributed by atoms with Crippen LogP contribution in [0, 0.1) is 17.0 Å². The molecule has 0 aliphatic carbocycles. The lowest BCUT2D eigenvalue weighted by atomic mass is 10.1. The summed E-state index contributed by atoms with van der Waals surface area (Å²) in [6, 6.07) is 15.9. The molecule has 1 amide bonds. The molecule has 1 atom stereocenters. The maximum Gasteiger partial charge on any atom is 0.270 e. The van der Waals surface area contributed by atoms with E-state index in [2.05, 4.69) is 20.5 Å². The van der Waals surface area contributed by atoms with E-state index >= 15 is 0 Å². The zero-order valence-electron chi connectivity index (χ0n) is 17.1. The Bertz CT molecular complexity index is 1270. The van der Waals surface area contributed by atoms with Gasteiger partial charge in [-0.25, -0.2) is 4.98 Å². The summed E-state index contributed by atoms with van der Waals surface area (Å²) in [4.78, 5) is 27.7. The summed E-state index contributed by atoms with van der Waals surface area (Å²) in [5, 5.41) is 24.5. The number of carbonyl (C=O) groups excluding carboxylic acids is 1. The van der Waals surface area contributed by atoms with Gasteiger partial charge >= 0.3 is 0 Å². The predicted molar refractivity (Wildman–Crippen MR) is 124 cm³/mol. The lowest BCUT2D eigenvalue weighted by Crippen LogP contribution is -2.22. The monoisotopic (exact) mass is 466 g/mol. The Kier molecular flexibility index (Phi) is 6.28. The Morgan fingerprint density at radius 1 is 1.19 bits per heavy atom. The number of benzene rings is 2. The van der Waals surface area contributed by atoms with Crippen LogP contribution in [0.25, 0.3) is 16.9 Å². The molecule has 0 bridgehead atoms. The topological polar surface area (TPSA) is 116 Å². The van der Waals surface area contributed by atoms with E-state index in [1.807, 2.05) is 41.8 Å². The van der Waals surface area contributed by atoms with Gasteiger partial charge in [0.2, 0.25) is 5.91 Å². The number of hydrogen-bond donors (Lipinski definition) is 1. The number of non-ortho nitro benzene ring substituents is 1. The lowest BCUT2D eigenvalue weighted by molar-refractivity contribution is -0.384. The number of nitro benzene ring substituents is 1. The number of anilines is 1. The fourth-order valence-corrected chi connectivity index (χ4v) is 4.59. The van der Waals surface area contributed by atoms with Gasteiger partial charge in [-0.2, -0.15) is 0 Å². The van der Waals surface area contributed by atoms with Crippen LogP contribution < -0.4 is 5.32 Å². The quantitative estimate of drug-likeness (QED) is 0.238. The number of rotatable bonds is 7. The Morgan fingerprint density at radius 3 is 2.72 bits per heavy atom. The van der Waals surface area contributed by atoms with Crippen molar-refractivity contribution < 1.29 is 9.72 Å². The largest absolute Gasteiger partial charge is 0.301 e. The predicted octanol–water partition coefficient (Wildman–Crippen LogP) is 4.73. The Morgan fingerprint density at radius 2 is 1.97 bits per heavy atom. The SMILES string of the molecule is Cc1nnc(SC(C)C(=O)Nc2nc(-c3cccc([N+](=O)[O-])c3)cs2)n1-c1ccccc1. The average molecular weight is 467 g/mol. The van der Waals surface area contributed by atoms with Crippen LogP contribution in [-0.4, -0.2) is 35.8 Å². The highest BCUT2D eigenvalue weighted by molar-refractivity contribution is 8.00. The Labute approximate surface area is 191 Å². The molecule has 0 saturated carbocycles. The molecule has 2 aromatic carbocycles. The summed E-state index contributed by atoms with van der Waals surface area (Å²) in [7, 11) is 0. The van der Waals surface area contributed by atoms with Crippen molar-refractivity contribution in [2.24, 2.45) is 0 Å². The van der Waals surface area contributed by atoms with Gasteiger partial charge in [0, 0.05) is 28.8 Å². The molecule has 0 saturated heterocycles. The molecule has 0 spiro atoms. The van der Waals surface area contributed by atoms with Crippen LogP contribution in [0.4, 0.5) is 10.8 Å². The molecular formula is C21H18N6O3S2. The number of hydrogen-bond acceptors (Lipinski definition) is 8. The van der Waals surface area contributed by atoms with Crippen LogP contribution in [-0.2, 0) is 4.79 Å². The number of aryl methyl sites for hydroxylation is 1. The fourth-order valence-electron chi connectivity index (χ4n) is 2.95. The number of nitrogens with one attached hydrogen (secondary N) is 1. The third kappa shape index (κ3) is 4.68. The molecule has 2 heterocycles. The summed E-state index contributed by atoms with van der Waals surface area (Å²) in [5.41, 5.74) is 2.09. The third-order valence-corrected chi connectivity index (χ3v) is 6.35. The molecule has 32 heavy (non-hydrogen) atoms. The first-order valence-corrected chi connectivity index (χ1v) is 11.3. The van der Waals surface area contributed by atoms with E-state index in [1.165, 1.54) is 35.2 Å². The second-order valence-corrected chi connectivity index (χ2v) is 8.96.